The smallest absolute Gasteiger partial charge is 0.426 e. The Labute approximate surface area is 184 Å². The molecule has 0 aliphatic heterocycles. The first-order chi connectivity index (χ1) is 11.7. The molecule has 0 aliphatic carbocycles. The molecule has 0 atom stereocenters. The van der Waals surface area contributed by atoms with Gasteiger partial charge in [0.1, 0.15) is 5.60 Å². The third-order valence-corrected chi connectivity index (χ3v) is 3.26. The maximum atomic E-state index is 11.3. The van der Waals surface area contributed by atoms with Crippen molar-refractivity contribution in [1.82, 2.24) is 5.43 Å². The number of hydrazine groups is 2. The van der Waals surface area contributed by atoms with Gasteiger partial charge in [-0.1, -0.05) is 62.3 Å². The van der Waals surface area contributed by atoms with Crippen LogP contribution in [-0.4, -0.2) is 11.7 Å². The van der Waals surface area contributed by atoms with E-state index in [1.54, 1.807) is 45.0 Å². The monoisotopic (exact) mass is 452 g/mol. The molecule has 28 heavy (non-hydrogen) atoms. The van der Waals surface area contributed by atoms with E-state index in [1.165, 1.54) is 0 Å². The number of rotatable bonds is 3. The van der Waals surface area contributed by atoms with Crippen LogP contribution in [0.3, 0.4) is 0 Å². The molecule has 0 unspecified atom stereocenters. The second-order valence-corrected chi connectivity index (χ2v) is 6.67. The van der Waals surface area contributed by atoms with Gasteiger partial charge in [-0.3, -0.25) is 11.3 Å². The predicted molar refractivity (Wildman–Crippen MR) is 124 cm³/mol. The number of carbonyl (C=O) groups excluding carboxylic acids is 1. The maximum Gasteiger partial charge on any atom is 0.426 e. The molecule has 5 N–H and O–H groups in total. The van der Waals surface area contributed by atoms with Crippen LogP contribution in [0.2, 0.25) is 10.0 Å². The van der Waals surface area contributed by atoms with Crippen molar-refractivity contribution in [3.05, 3.63) is 58.6 Å². The summed E-state index contributed by atoms with van der Waals surface area (Å²) in [5, 5.41) is 1.17. The second kappa shape index (κ2) is 15.1. The zero-order valence-corrected chi connectivity index (χ0v) is 17.0. The fraction of sp³-hybridized carbons (Fsp3) is 0.316. The molecule has 9 heteroatoms. The van der Waals surface area contributed by atoms with Crippen molar-refractivity contribution >= 4 is 53.1 Å². The fourth-order valence-electron chi connectivity index (χ4n) is 1.56. The number of benzene rings is 2. The van der Waals surface area contributed by atoms with Gasteiger partial charge in [-0.05, 0) is 45.0 Å². The first kappa shape index (κ1) is 30.9. The minimum atomic E-state index is -0.549. The molecule has 0 saturated carbocycles. The van der Waals surface area contributed by atoms with Crippen LogP contribution in [0.4, 0.5) is 16.2 Å². The summed E-state index contributed by atoms with van der Waals surface area (Å²) in [6.45, 7) is 5.38. The number of nitrogens with one attached hydrogen (secondary N) is 3. The lowest BCUT2D eigenvalue weighted by Gasteiger charge is -2.20. The Bertz CT molecular complexity index is 695. The third kappa shape index (κ3) is 12.5. The van der Waals surface area contributed by atoms with E-state index < -0.39 is 11.7 Å². The Morgan fingerprint density at radius 3 is 1.71 bits per heavy atom. The van der Waals surface area contributed by atoms with Gasteiger partial charge in [-0.2, -0.15) is 0 Å². The van der Waals surface area contributed by atoms with E-state index in [-0.39, 0.29) is 27.3 Å². The van der Waals surface area contributed by atoms with Gasteiger partial charge in [0.15, 0.2) is 0 Å². The Morgan fingerprint density at radius 1 is 0.929 bits per heavy atom. The SMILES string of the molecule is C.C.CC(C)(C)OC(=O)NNc1ccccc1Cl.Cl.NNc1ccccc1Cl. The lowest BCUT2D eigenvalue weighted by atomic mass is 10.2. The minimum Gasteiger partial charge on any atom is -0.443 e. The molecular formula is C19H31Cl3N4O2. The van der Waals surface area contributed by atoms with E-state index >= 15 is 0 Å². The van der Waals surface area contributed by atoms with Crippen LogP contribution < -0.4 is 22.1 Å². The van der Waals surface area contributed by atoms with Crippen LogP contribution >= 0.6 is 35.6 Å². The summed E-state index contributed by atoms with van der Waals surface area (Å²) in [7, 11) is 0. The standard InChI is InChI=1S/C11H15ClN2O2.C6H7ClN2.2CH4.ClH/c1-11(2,3)16-10(15)14-13-9-7-5-4-6-8(9)12;7-5-3-1-2-4-6(5)9-8;;;/h4-7,13H,1-3H3,(H,14,15);1-4,9H,8H2;2*1H4;1H. The molecule has 2 rings (SSSR count). The number of nitrogen functional groups attached to an aromatic ring is 1. The molecule has 6 nitrogen and oxygen atoms in total. The van der Waals surface area contributed by atoms with Crippen molar-refractivity contribution in [2.45, 2.75) is 41.2 Å². The predicted octanol–water partition coefficient (Wildman–Crippen LogP) is 6.51. The number of ether oxygens (including phenoxy) is 1. The van der Waals surface area contributed by atoms with E-state index in [9.17, 15) is 4.79 Å². The van der Waals surface area contributed by atoms with Crippen molar-refractivity contribution in [2.24, 2.45) is 5.84 Å². The molecule has 0 aromatic heterocycles. The largest absolute Gasteiger partial charge is 0.443 e. The average Bonchev–Trinajstić information content (AvgIpc) is 2.53. The molecule has 0 fully saturated rings. The lowest BCUT2D eigenvalue weighted by Crippen LogP contribution is -2.35. The Kier molecular flexibility index (Phi) is 16.6. The number of anilines is 2. The highest BCUT2D eigenvalue weighted by atomic mass is 35.5. The Morgan fingerprint density at radius 2 is 1.36 bits per heavy atom. The number of hydrogen-bond donors (Lipinski definition) is 4. The van der Waals surface area contributed by atoms with Crippen LogP contribution in [0.1, 0.15) is 35.6 Å². The summed E-state index contributed by atoms with van der Waals surface area (Å²) in [6.07, 6.45) is -0.549. The van der Waals surface area contributed by atoms with Gasteiger partial charge >= 0.3 is 6.09 Å². The number of para-hydroxylation sites is 2. The van der Waals surface area contributed by atoms with E-state index in [1.807, 2.05) is 24.3 Å². The average molecular weight is 454 g/mol. The van der Waals surface area contributed by atoms with Crippen molar-refractivity contribution in [3.63, 3.8) is 0 Å². The molecule has 0 bridgehead atoms. The topological polar surface area (TPSA) is 88.4 Å². The van der Waals surface area contributed by atoms with Gasteiger partial charge in [0.2, 0.25) is 0 Å². The van der Waals surface area contributed by atoms with Gasteiger partial charge in [0.25, 0.3) is 0 Å². The molecule has 0 radical (unpaired) electrons. The Balaban J connectivity index is -0.000000452. The molecule has 160 valence electrons. The number of halogens is 3. The molecule has 0 heterocycles. The maximum absolute atomic E-state index is 11.3. The van der Waals surface area contributed by atoms with E-state index in [2.05, 4.69) is 16.3 Å². The third-order valence-electron chi connectivity index (χ3n) is 2.60. The molecule has 2 aromatic rings. The summed E-state index contributed by atoms with van der Waals surface area (Å²) in [5.74, 6) is 5.12. The van der Waals surface area contributed by atoms with Crippen LogP contribution in [0, 0.1) is 0 Å². The number of nitrogens with two attached hydrogens (primary N) is 1. The molecular weight excluding hydrogens is 423 g/mol. The minimum absolute atomic E-state index is 0. The second-order valence-electron chi connectivity index (χ2n) is 5.86. The van der Waals surface area contributed by atoms with Crippen molar-refractivity contribution in [1.29, 1.82) is 0 Å². The fourth-order valence-corrected chi connectivity index (χ4v) is 1.94. The lowest BCUT2D eigenvalue weighted by molar-refractivity contribution is 0.0541. The molecule has 0 spiro atoms. The number of hydrogen-bond acceptors (Lipinski definition) is 5. The summed E-state index contributed by atoms with van der Waals surface area (Å²) >= 11 is 11.6. The summed E-state index contributed by atoms with van der Waals surface area (Å²) in [5.41, 5.74) is 8.39. The summed E-state index contributed by atoms with van der Waals surface area (Å²) in [4.78, 5) is 11.3. The quantitative estimate of drug-likeness (QED) is 0.314. The van der Waals surface area contributed by atoms with Crippen LogP contribution in [0.15, 0.2) is 48.5 Å². The highest BCUT2D eigenvalue weighted by molar-refractivity contribution is 6.33. The number of carbonyl (C=O) groups is 1. The highest BCUT2D eigenvalue weighted by Gasteiger charge is 2.15. The van der Waals surface area contributed by atoms with Gasteiger partial charge in [-0.15, -0.1) is 12.4 Å². The normalized spacial score (nSPS) is 9.07. The molecule has 0 saturated heterocycles. The summed E-state index contributed by atoms with van der Waals surface area (Å²) in [6, 6.07) is 14.4. The van der Waals surface area contributed by atoms with E-state index in [0.717, 1.165) is 5.69 Å². The van der Waals surface area contributed by atoms with Gasteiger partial charge in [-0.25, -0.2) is 10.2 Å². The highest BCUT2D eigenvalue weighted by Crippen LogP contribution is 2.19. The molecule has 2 aromatic carbocycles. The van der Waals surface area contributed by atoms with Crippen molar-refractivity contribution < 1.29 is 9.53 Å². The van der Waals surface area contributed by atoms with Gasteiger partial charge in [0.05, 0.1) is 21.4 Å². The van der Waals surface area contributed by atoms with E-state index in [0.29, 0.717) is 15.7 Å². The van der Waals surface area contributed by atoms with Crippen LogP contribution in [-0.2, 0) is 4.74 Å². The first-order valence-corrected chi connectivity index (χ1v) is 8.19. The van der Waals surface area contributed by atoms with Crippen LogP contribution in [0.5, 0.6) is 0 Å². The van der Waals surface area contributed by atoms with Crippen molar-refractivity contribution in [3.8, 4) is 0 Å². The summed E-state index contributed by atoms with van der Waals surface area (Å²) < 4.78 is 5.04. The van der Waals surface area contributed by atoms with Gasteiger partial charge in [0, 0.05) is 0 Å². The molecule has 1 amide bonds. The first-order valence-electron chi connectivity index (χ1n) is 7.43. The Hall–Kier alpha value is -1.86. The zero-order chi connectivity index (χ0) is 18.9. The van der Waals surface area contributed by atoms with E-state index in [4.69, 9.17) is 33.8 Å². The van der Waals surface area contributed by atoms with Crippen molar-refractivity contribution in [2.75, 3.05) is 10.9 Å². The number of amides is 1. The van der Waals surface area contributed by atoms with Crippen LogP contribution in [0.25, 0.3) is 0 Å². The van der Waals surface area contributed by atoms with Gasteiger partial charge < -0.3 is 10.2 Å². The zero-order valence-electron chi connectivity index (χ0n) is 14.7. The molecule has 0 aliphatic rings.